The number of unbranched alkanes of at least 4 members (excludes halogenated alkanes) is 1. The number of amides is 2. The number of carbonyl (C=O) groups excluding carboxylic acids is 1. The van der Waals surface area contributed by atoms with E-state index in [9.17, 15) is 29.7 Å². The summed E-state index contributed by atoms with van der Waals surface area (Å²) in [5.41, 5.74) is 3.56. The lowest BCUT2D eigenvalue weighted by atomic mass is 9.98. The van der Waals surface area contributed by atoms with Gasteiger partial charge in [-0.3, -0.25) is 9.59 Å². The molecule has 11 heteroatoms. The van der Waals surface area contributed by atoms with Crippen molar-refractivity contribution < 1.29 is 29.6 Å². The number of fused-ring (bicyclic) bond motifs is 1. The zero-order chi connectivity index (χ0) is 33.9. The number of aromatic nitrogens is 1. The predicted molar refractivity (Wildman–Crippen MR) is 182 cm³/mol. The fraction of sp³-hybridized carbons (Fsp3) is 0.216. The number of carboxylic acid groups (broad SMARTS) is 1. The number of hydrogen-bond donors (Lipinski definition) is 7. The topological polar surface area (TPSA) is 173 Å². The molecule has 0 aliphatic heterocycles. The van der Waals surface area contributed by atoms with E-state index in [-0.39, 0.29) is 23.8 Å². The van der Waals surface area contributed by atoms with Gasteiger partial charge < -0.3 is 41.0 Å². The minimum atomic E-state index is -1.12. The highest BCUT2D eigenvalue weighted by molar-refractivity contribution is 5.94. The van der Waals surface area contributed by atoms with E-state index in [1.165, 1.54) is 12.1 Å². The Labute approximate surface area is 277 Å². The number of nitrogens with one attached hydrogen (secondary N) is 4. The van der Waals surface area contributed by atoms with E-state index in [1.54, 1.807) is 24.3 Å². The van der Waals surface area contributed by atoms with E-state index in [4.69, 9.17) is 4.74 Å². The number of carbonyl (C=O) groups is 2. The van der Waals surface area contributed by atoms with Crippen LogP contribution in [-0.4, -0.2) is 51.9 Å². The number of ether oxygens (including phenoxy) is 1. The Morgan fingerprint density at radius 2 is 1.58 bits per heavy atom. The van der Waals surface area contributed by atoms with Gasteiger partial charge >= 0.3 is 6.09 Å². The molecular formula is C37H38N4O7. The Balaban J connectivity index is 1.03. The van der Waals surface area contributed by atoms with Crippen molar-refractivity contribution in [3.05, 3.63) is 141 Å². The van der Waals surface area contributed by atoms with Crippen LogP contribution in [0.1, 0.15) is 57.6 Å². The van der Waals surface area contributed by atoms with Crippen LogP contribution in [0.2, 0.25) is 0 Å². The van der Waals surface area contributed by atoms with E-state index in [0.29, 0.717) is 47.4 Å². The molecule has 0 radical (unpaired) electrons. The third-order valence-corrected chi connectivity index (χ3v) is 7.88. The summed E-state index contributed by atoms with van der Waals surface area (Å²) >= 11 is 0. The quantitative estimate of drug-likeness (QED) is 0.0776. The fourth-order valence-corrected chi connectivity index (χ4v) is 5.41. The number of benzene rings is 4. The molecule has 1 aromatic heterocycles. The third kappa shape index (κ3) is 8.99. The van der Waals surface area contributed by atoms with Gasteiger partial charge in [0.05, 0.1) is 17.7 Å². The number of hydrogen-bond acceptors (Lipinski definition) is 7. The molecule has 5 aromatic rings. The minimum absolute atomic E-state index is 0.0524. The molecule has 5 rings (SSSR count). The minimum Gasteiger partial charge on any atom is -0.506 e. The van der Waals surface area contributed by atoms with Gasteiger partial charge in [0.15, 0.2) is 0 Å². The van der Waals surface area contributed by atoms with Crippen molar-refractivity contribution in [1.82, 2.24) is 20.9 Å². The highest BCUT2D eigenvalue weighted by atomic mass is 16.5. The number of phenols is 1. The second kappa shape index (κ2) is 16.3. The summed E-state index contributed by atoms with van der Waals surface area (Å²) in [5.74, 6) is 0.370. The Morgan fingerprint density at radius 1 is 0.833 bits per heavy atom. The Morgan fingerprint density at radius 3 is 2.35 bits per heavy atom. The van der Waals surface area contributed by atoms with Crippen LogP contribution in [-0.2, 0) is 6.61 Å². The number of pyridine rings is 1. The van der Waals surface area contributed by atoms with Crippen molar-refractivity contribution in [1.29, 1.82) is 0 Å². The number of aromatic hydroxyl groups is 1. The van der Waals surface area contributed by atoms with Crippen LogP contribution in [0.4, 0.5) is 4.79 Å². The fourth-order valence-electron chi connectivity index (χ4n) is 5.41. The zero-order valence-electron chi connectivity index (χ0n) is 26.2. The highest BCUT2D eigenvalue weighted by Gasteiger charge is 2.17. The summed E-state index contributed by atoms with van der Waals surface area (Å²) in [6, 6.07) is 29.3. The normalized spacial score (nSPS) is 12.3. The maximum Gasteiger partial charge on any atom is 0.405 e. The Bertz CT molecular complexity index is 1890. The van der Waals surface area contributed by atoms with Gasteiger partial charge in [-0.2, -0.15) is 0 Å². The summed E-state index contributed by atoms with van der Waals surface area (Å²) in [6.07, 6.45) is -0.417. The van der Waals surface area contributed by atoms with Gasteiger partial charge in [0.25, 0.3) is 5.91 Å². The molecular weight excluding hydrogens is 612 g/mol. The molecule has 0 bridgehead atoms. The second-order valence-corrected chi connectivity index (χ2v) is 11.3. The molecule has 0 saturated carbocycles. The smallest absolute Gasteiger partial charge is 0.405 e. The van der Waals surface area contributed by atoms with Crippen molar-refractivity contribution in [3.8, 4) is 11.5 Å². The van der Waals surface area contributed by atoms with Gasteiger partial charge in [-0.1, -0.05) is 60.7 Å². The van der Waals surface area contributed by atoms with Crippen LogP contribution in [0, 0.1) is 0 Å². The molecule has 0 saturated heterocycles. The van der Waals surface area contributed by atoms with Crippen molar-refractivity contribution in [2.45, 2.75) is 31.6 Å². The zero-order valence-corrected chi connectivity index (χ0v) is 26.2. The molecule has 7 N–H and O–H groups in total. The molecule has 4 aromatic carbocycles. The standard InChI is InChI=1S/C37H38N4O7/c42-31-17-15-29(30-16-18-33(44)40-35(30)31)32(43)22-38-19-4-5-20-39-36(45)26-13-11-24(12-14-26)23-48-28-10-6-9-27(21-28)34(41-37(46)47)25-7-2-1-3-8-25/h1-3,6-18,21,32,34,38,41-43H,4-5,19-20,22-23H2,(H,39,45)(H,40,44)(H,46,47). The Kier molecular flexibility index (Phi) is 11.4. The van der Waals surface area contributed by atoms with E-state index >= 15 is 0 Å². The predicted octanol–water partition coefficient (Wildman–Crippen LogP) is 5.00. The maximum atomic E-state index is 12.6. The molecule has 0 fully saturated rings. The van der Waals surface area contributed by atoms with Crippen molar-refractivity contribution in [2.75, 3.05) is 19.6 Å². The lowest BCUT2D eigenvalue weighted by molar-refractivity contribution is 0.0953. The number of H-pyrrole nitrogens is 1. The largest absolute Gasteiger partial charge is 0.506 e. The number of aliphatic hydroxyl groups excluding tert-OH is 1. The van der Waals surface area contributed by atoms with Crippen molar-refractivity contribution in [3.63, 3.8) is 0 Å². The van der Waals surface area contributed by atoms with Gasteiger partial charge in [-0.05, 0) is 78.0 Å². The first-order chi connectivity index (χ1) is 23.3. The van der Waals surface area contributed by atoms with Gasteiger partial charge in [0.1, 0.15) is 18.1 Å². The lowest BCUT2D eigenvalue weighted by Gasteiger charge is -2.19. The average Bonchev–Trinajstić information content (AvgIpc) is 3.10. The first-order valence-electron chi connectivity index (χ1n) is 15.7. The molecule has 248 valence electrons. The first kappa shape index (κ1) is 33.7. The highest BCUT2D eigenvalue weighted by Crippen LogP contribution is 2.29. The lowest BCUT2D eigenvalue weighted by Crippen LogP contribution is -2.27. The molecule has 48 heavy (non-hydrogen) atoms. The number of aromatic amines is 1. The van der Waals surface area contributed by atoms with Gasteiger partial charge in [-0.15, -0.1) is 0 Å². The third-order valence-electron chi connectivity index (χ3n) is 7.88. The molecule has 0 spiro atoms. The summed E-state index contributed by atoms with van der Waals surface area (Å²) in [4.78, 5) is 38.3. The summed E-state index contributed by atoms with van der Waals surface area (Å²) < 4.78 is 5.98. The monoisotopic (exact) mass is 650 g/mol. The molecule has 2 atom stereocenters. The number of rotatable bonds is 15. The van der Waals surface area contributed by atoms with Crippen LogP contribution in [0.5, 0.6) is 11.5 Å². The summed E-state index contributed by atoms with van der Waals surface area (Å²) in [7, 11) is 0. The molecule has 0 aliphatic rings. The van der Waals surface area contributed by atoms with Crippen LogP contribution in [0.15, 0.2) is 108 Å². The molecule has 11 nitrogen and oxygen atoms in total. The molecule has 2 amide bonds. The van der Waals surface area contributed by atoms with Crippen LogP contribution in [0.3, 0.4) is 0 Å². The number of aliphatic hydroxyl groups is 1. The van der Waals surface area contributed by atoms with Gasteiger partial charge in [0.2, 0.25) is 5.56 Å². The van der Waals surface area contributed by atoms with Crippen molar-refractivity contribution in [2.24, 2.45) is 0 Å². The van der Waals surface area contributed by atoms with E-state index in [2.05, 4.69) is 20.9 Å². The Hall–Kier alpha value is -5.65. The van der Waals surface area contributed by atoms with Crippen LogP contribution >= 0.6 is 0 Å². The second-order valence-electron chi connectivity index (χ2n) is 11.3. The first-order valence-corrected chi connectivity index (χ1v) is 15.7. The van der Waals surface area contributed by atoms with E-state index < -0.39 is 18.2 Å². The number of phenolic OH excluding ortho intramolecular Hbond substituents is 1. The maximum absolute atomic E-state index is 12.6. The van der Waals surface area contributed by atoms with Gasteiger partial charge in [-0.25, -0.2) is 4.79 Å². The molecule has 2 unspecified atom stereocenters. The van der Waals surface area contributed by atoms with Gasteiger partial charge in [0, 0.05) is 30.1 Å². The van der Waals surface area contributed by atoms with Crippen molar-refractivity contribution >= 4 is 22.9 Å². The summed E-state index contributed by atoms with van der Waals surface area (Å²) in [5, 5.41) is 39.4. The van der Waals surface area contributed by atoms with E-state index in [0.717, 1.165) is 29.5 Å². The SMILES string of the molecule is O=C(O)NC(c1ccccc1)c1cccc(OCc2ccc(C(=O)NCCCCNCC(O)c3ccc(O)c4[nH]c(=O)ccc34)cc2)c1. The summed E-state index contributed by atoms with van der Waals surface area (Å²) in [6.45, 7) is 1.71. The average molecular weight is 651 g/mol. The van der Waals surface area contributed by atoms with E-state index in [1.807, 2.05) is 66.7 Å². The molecule has 0 aliphatic carbocycles. The van der Waals surface area contributed by atoms with Crippen LogP contribution in [0.25, 0.3) is 10.9 Å². The molecule has 1 heterocycles. The van der Waals surface area contributed by atoms with Crippen LogP contribution < -0.4 is 26.2 Å².